The van der Waals surface area contributed by atoms with Crippen LogP contribution in [-0.2, 0) is 10.0 Å². The number of benzene rings is 2. The van der Waals surface area contributed by atoms with Crippen molar-refractivity contribution in [2.45, 2.75) is 4.90 Å². The van der Waals surface area contributed by atoms with E-state index in [1.807, 2.05) is 0 Å². The summed E-state index contributed by atoms with van der Waals surface area (Å²) in [4.78, 5) is -1.01. The van der Waals surface area contributed by atoms with E-state index in [-0.39, 0.29) is 0 Å². The van der Waals surface area contributed by atoms with Crippen molar-refractivity contribution in [3.8, 4) is 0 Å². The van der Waals surface area contributed by atoms with Crippen molar-refractivity contribution in [3.63, 3.8) is 0 Å². The van der Waals surface area contributed by atoms with Gasteiger partial charge in [-0.3, -0.25) is 4.72 Å². The maximum atomic E-state index is 13.6. The van der Waals surface area contributed by atoms with E-state index in [1.165, 1.54) is 0 Å². The quantitative estimate of drug-likeness (QED) is 0.674. The Labute approximate surface area is 117 Å². The Morgan fingerprint density at radius 2 is 1.57 bits per heavy atom. The zero-order valence-electron chi connectivity index (χ0n) is 10.2. The van der Waals surface area contributed by atoms with E-state index in [1.54, 1.807) is 4.72 Å². The Balaban J connectivity index is 2.47. The highest BCUT2D eigenvalue weighted by atomic mass is 32.2. The number of nitrogen functional groups attached to an aromatic ring is 1. The van der Waals surface area contributed by atoms with Crippen LogP contribution in [0.25, 0.3) is 0 Å². The van der Waals surface area contributed by atoms with Crippen LogP contribution in [0.4, 0.5) is 28.9 Å². The molecule has 0 saturated heterocycles. The highest BCUT2D eigenvalue weighted by Crippen LogP contribution is 2.26. The zero-order chi connectivity index (χ0) is 15.8. The van der Waals surface area contributed by atoms with Crippen molar-refractivity contribution in [3.05, 3.63) is 53.6 Å². The molecule has 9 heteroatoms. The van der Waals surface area contributed by atoms with Crippen molar-refractivity contribution >= 4 is 21.4 Å². The van der Waals surface area contributed by atoms with E-state index >= 15 is 0 Å². The molecule has 0 heterocycles. The predicted molar refractivity (Wildman–Crippen MR) is 67.9 cm³/mol. The third-order valence-corrected chi connectivity index (χ3v) is 3.93. The third kappa shape index (κ3) is 2.92. The summed E-state index contributed by atoms with van der Waals surface area (Å²) in [6.07, 6.45) is 0. The molecular formula is C12H8F4N2O2S. The molecule has 2 rings (SSSR count). The van der Waals surface area contributed by atoms with Crippen molar-refractivity contribution in [2.24, 2.45) is 0 Å². The van der Waals surface area contributed by atoms with Crippen LogP contribution in [0.2, 0.25) is 0 Å². The Morgan fingerprint density at radius 1 is 0.952 bits per heavy atom. The van der Waals surface area contributed by atoms with E-state index in [4.69, 9.17) is 5.73 Å². The summed E-state index contributed by atoms with van der Waals surface area (Å²) in [6, 6.07) is 3.28. The van der Waals surface area contributed by atoms with Crippen LogP contribution >= 0.6 is 0 Å². The number of nitrogens with one attached hydrogen (secondary N) is 1. The molecule has 0 fully saturated rings. The standard InChI is InChI=1S/C12H8F4N2O2S/c13-6-1-2-7(14)10(5-6)21(19,20)18-9-4-3-8(15)12(17)11(9)16/h1-5,18H,17H2. The van der Waals surface area contributed by atoms with Gasteiger partial charge in [0.1, 0.15) is 28.0 Å². The molecule has 112 valence electrons. The normalized spacial score (nSPS) is 11.4. The zero-order valence-corrected chi connectivity index (χ0v) is 11.0. The lowest BCUT2D eigenvalue weighted by atomic mass is 10.2. The van der Waals surface area contributed by atoms with Gasteiger partial charge in [0.15, 0.2) is 5.82 Å². The molecule has 0 bridgehead atoms. The van der Waals surface area contributed by atoms with Gasteiger partial charge in [-0.15, -0.1) is 0 Å². The molecule has 0 aliphatic carbocycles. The van der Waals surface area contributed by atoms with Crippen molar-refractivity contribution in [1.29, 1.82) is 0 Å². The summed E-state index contributed by atoms with van der Waals surface area (Å²) in [5.74, 6) is -4.64. The van der Waals surface area contributed by atoms with Gasteiger partial charge in [0.25, 0.3) is 10.0 Å². The SMILES string of the molecule is Nc1c(F)ccc(NS(=O)(=O)c2cc(F)ccc2F)c1F. The van der Waals surface area contributed by atoms with Gasteiger partial charge in [0.05, 0.1) is 5.69 Å². The average molecular weight is 320 g/mol. The maximum absolute atomic E-state index is 13.6. The molecule has 3 N–H and O–H groups in total. The number of halogens is 4. The smallest absolute Gasteiger partial charge is 0.265 e. The second-order valence-electron chi connectivity index (χ2n) is 4.00. The van der Waals surface area contributed by atoms with Crippen LogP contribution in [0.1, 0.15) is 0 Å². The summed E-state index contributed by atoms with van der Waals surface area (Å²) >= 11 is 0. The minimum absolute atomic E-state index is 0.433. The van der Waals surface area contributed by atoms with E-state index in [0.717, 1.165) is 18.2 Å². The number of hydrogen-bond donors (Lipinski definition) is 2. The molecule has 0 aromatic heterocycles. The van der Waals surface area contributed by atoms with Crippen LogP contribution in [0.5, 0.6) is 0 Å². The molecule has 0 aliphatic rings. The first-order chi connectivity index (χ1) is 9.72. The highest BCUT2D eigenvalue weighted by Gasteiger charge is 2.22. The van der Waals surface area contributed by atoms with E-state index in [9.17, 15) is 26.0 Å². The molecule has 2 aromatic carbocycles. The van der Waals surface area contributed by atoms with E-state index in [0.29, 0.717) is 12.1 Å². The van der Waals surface area contributed by atoms with Gasteiger partial charge in [-0.25, -0.2) is 26.0 Å². The Bertz CT molecular complexity index is 809. The van der Waals surface area contributed by atoms with Crippen LogP contribution in [0, 0.1) is 23.3 Å². The Kier molecular flexibility index (Phi) is 3.77. The van der Waals surface area contributed by atoms with Gasteiger partial charge < -0.3 is 5.73 Å². The van der Waals surface area contributed by atoms with Crippen LogP contribution < -0.4 is 10.5 Å². The summed E-state index contributed by atoms with van der Waals surface area (Å²) in [5, 5.41) is 0. The van der Waals surface area contributed by atoms with E-state index < -0.39 is 49.6 Å². The van der Waals surface area contributed by atoms with Gasteiger partial charge in [-0.2, -0.15) is 0 Å². The molecule has 2 aromatic rings. The van der Waals surface area contributed by atoms with Crippen LogP contribution in [0.15, 0.2) is 35.2 Å². The molecule has 21 heavy (non-hydrogen) atoms. The summed E-state index contributed by atoms with van der Waals surface area (Å²) in [5.41, 5.74) is 3.50. The number of rotatable bonds is 3. The molecular weight excluding hydrogens is 312 g/mol. The molecule has 0 amide bonds. The lowest BCUT2D eigenvalue weighted by Crippen LogP contribution is -2.16. The third-order valence-electron chi connectivity index (χ3n) is 2.55. The second-order valence-corrected chi connectivity index (χ2v) is 5.65. The minimum Gasteiger partial charge on any atom is -0.394 e. The van der Waals surface area contributed by atoms with Crippen LogP contribution in [-0.4, -0.2) is 8.42 Å². The lowest BCUT2D eigenvalue weighted by molar-refractivity contribution is 0.555. The molecule has 0 aliphatic heterocycles. The van der Waals surface area contributed by atoms with Crippen molar-refractivity contribution in [1.82, 2.24) is 0 Å². The highest BCUT2D eigenvalue weighted by molar-refractivity contribution is 7.92. The van der Waals surface area contributed by atoms with Crippen molar-refractivity contribution < 1.29 is 26.0 Å². The number of sulfonamides is 1. The molecule has 0 spiro atoms. The summed E-state index contributed by atoms with van der Waals surface area (Å²) < 4.78 is 78.6. The minimum atomic E-state index is -4.60. The van der Waals surface area contributed by atoms with E-state index in [2.05, 4.69) is 0 Å². The van der Waals surface area contributed by atoms with Crippen molar-refractivity contribution in [2.75, 3.05) is 10.5 Å². The molecule has 0 radical (unpaired) electrons. The van der Waals surface area contributed by atoms with Gasteiger partial charge in [0.2, 0.25) is 0 Å². The van der Waals surface area contributed by atoms with Gasteiger partial charge in [0, 0.05) is 0 Å². The van der Waals surface area contributed by atoms with Gasteiger partial charge in [-0.05, 0) is 30.3 Å². The second kappa shape index (κ2) is 5.24. The number of hydrogen-bond acceptors (Lipinski definition) is 3. The fraction of sp³-hybridized carbons (Fsp3) is 0. The topological polar surface area (TPSA) is 72.2 Å². The first-order valence-electron chi connectivity index (χ1n) is 5.43. The molecule has 0 saturated carbocycles. The fourth-order valence-corrected chi connectivity index (χ4v) is 2.68. The Hall–Kier alpha value is -2.29. The largest absolute Gasteiger partial charge is 0.394 e. The molecule has 0 unspecified atom stereocenters. The predicted octanol–water partition coefficient (Wildman–Crippen LogP) is 2.63. The first-order valence-corrected chi connectivity index (χ1v) is 6.92. The van der Waals surface area contributed by atoms with Crippen LogP contribution in [0.3, 0.4) is 0 Å². The first kappa shape index (κ1) is 15.1. The fourth-order valence-electron chi connectivity index (χ4n) is 1.53. The maximum Gasteiger partial charge on any atom is 0.265 e. The van der Waals surface area contributed by atoms with Gasteiger partial charge >= 0.3 is 0 Å². The molecule has 0 atom stereocenters. The molecule has 4 nitrogen and oxygen atoms in total. The lowest BCUT2D eigenvalue weighted by Gasteiger charge is -2.11. The summed E-state index contributed by atoms with van der Waals surface area (Å²) in [6.45, 7) is 0. The number of nitrogens with two attached hydrogens (primary N) is 1. The summed E-state index contributed by atoms with van der Waals surface area (Å²) in [7, 11) is -4.60. The number of anilines is 2. The Morgan fingerprint density at radius 3 is 2.24 bits per heavy atom. The average Bonchev–Trinajstić information content (AvgIpc) is 2.42. The van der Waals surface area contributed by atoms with Gasteiger partial charge in [-0.1, -0.05) is 0 Å². The monoisotopic (exact) mass is 320 g/mol.